The molecule has 1 amide bonds. The van der Waals surface area contributed by atoms with Gasteiger partial charge in [-0.15, -0.1) is 0 Å². The van der Waals surface area contributed by atoms with Gasteiger partial charge in [0.25, 0.3) is 0 Å². The van der Waals surface area contributed by atoms with Gasteiger partial charge in [0.15, 0.2) is 0 Å². The lowest BCUT2D eigenvalue weighted by molar-refractivity contribution is -0.120. The second kappa shape index (κ2) is 6.23. The first-order valence-corrected chi connectivity index (χ1v) is 7.82. The molecule has 1 aliphatic rings. The molecule has 1 N–H and O–H groups in total. The topological polar surface area (TPSA) is 54.9 Å². The van der Waals surface area contributed by atoms with Gasteiger partial charge in [0, 0.05) is 6.92 Å². The van der Waals surface area contributed by atoms with Crippen LogP contribution in [0, 0.1) is 5.92 Å². The van der Waals surface area contributed by atoms with E-state index >= 15 is 0 Å². The fourth-order valence-corrected chi connectivity index (χ4v) is 3.37. The third-order valence-electron chi connectivity index (χ3n) is 3.95. The summed E-state index contributed by atoms with van der Waals surface area (Å²) in [7, 11) is 0. The lowest BCUT2D eigenvalue weighted by Crippen LogP contribution is -2.30. The molecule has 1 aromatic heterocycles. The summed E-state index contributed by atoms with van der Waals surface area (Å²) in [5, 5.41) is 3.73. The van der Waals surface area contributed by atoms with E-state index in [0.717, 1.165) is 12.1 Å². The number of nitrogens with one attached hydrogen (secondary N) is 1. The van der Waals surface area contributed by atoms with Crippen LogP contribution in [0.4, 0.5) is 0 Å². The average molecular weight is 336 g/mol. The summed E-state index contributed by atoms with van der Waals surface area (Å²) >= 11 is 12.0. The summed E-state index contributed by atoms with van der Waals surface area (Å²) in [5.41, 5.74) is 3.14. The summed E-state index contributed by atoms with van der Waals surface area (Å²) < 4.78 is 0. The molecule has 0 saturated heterocycles. The molecule has 6 heteroatoms. The van der Waals surface area contributed by atoms with E-state index in [-0.39, 0.29) is 23.2 Å². The molecule has 4 nitrogen and oxygen atoms in total. The van der Waals surface area contributed by atoms with Crippen molar-refractivity contribution >= 4 is 29.1 Å². The maximum absolute atomic E-state index is 11.5. The maximum atomic E-state index is 11.5. The van der Waals surface area contributed by atoms with Crippen LogP contribution in [-0.4, -0.2) is 15.9 Å². The summed E-state index contributed by atoms with van der Waals surface area (Å²) in [6.45, 7) is 1.53. The van der Waals surface area contributed by atoms with E-state index in [0.29, 0.717) is 11.4 Å². The van der Waals surface area contributed by atoms with Crippen LogP contribution in [-0.2, 0) is 17.6 Å². The molecular weight excluding hydrogens is 321 g/mol. The SMILES string of the molecule is CC(=O)N[C@@H]1c2ccccc2C[C@H]1Cc1nc(Cl)ncc1Cl. The number of fused-ring (bicyclic) bond motifs is 1. The number of halogens is 2. The van der Waals surface area contributed by atoms with Gasteiger partial charge < -0.3 is 5.32 Å². The highest BCUT2D eigenvalue weighted by Gasteiger charge is 2.33. The van der Waals surface area contributed by atoms with E-state index in [1.54, 1.807) is 0 Å². The van der Waals surface area contributed by atoms with Crippen LogP contribution in [0.15, 0.2) is 30.5 Å². The van der Waals surface area contributed by atoms with Gasteiger partial charge >= 0.3 is 0 Å². The number of hydrogen-bond acceptors (Lipinski definition) is 3. The number of rotatable bonds is 3. The number of carbonyl (C=O) groups is 1. The summed E-state index contributed by atoms with van der Waals surface area (Å²) in [6, 6.07) is 8.13. The Balaban J connectivity index is 1.90. The third-order valence-corrected chi connectivity index (χ3v) is 4.44. The van der Waals surface area contributed by atoms with Crippen LogP contribution in [0.1, 0.15) is 29.8 Å². The van der Waals surface area contributed by atoms with Gasteiger partial charge in [-0.2, -0.15) is 0 Å². The van der Waals surface area contributed by atoms with Crippen molar-refractivity contribution in [3.05, 3.63) is 57.6 Å². The zero-order valence-electron chi connectivity index (χ0n) is 12.0. The predicted molar refractivity (Wildman–Crippen MR) is 85.9 cm³/mol. The summed E-state index contributed by atoms with van der Waals surface area (Å²) in [6.07, 6.45) is 3.03. The van der Waals surface area contributed by atoms with Crippen molar-refractivity contribution in [2.75, 3.05) is 0 Å². The van der Waals surface area contributed by atoms with Crippen molar-refractivity contribution in [3.63, 3.8) is 0 Å². The quantitative estimate of drug-likeness (QED) is 0.875. The van der Waals surface area contributed by atoms with Crippen LogP contribution in [0.25, 0.3) is 0 Å². The van der Waals surface area contributed by atoms with Crippen molar-refractivity contribution in [3.8, 4) is 0 Å². The second-order valence-corrected chi connectivity index (χ2v) is 6.22. The van der Waals surface area contributed by atoms with Crippen LogP contribution < -0.4 is 5.32 Å². The van der Waals surface area contributed by atoms with Gasteiger partial charge in [-0.1, -0.05) is 35.9 Å². The highest BCUT2D eigenvalue weighted by Crippen LogP contribution is 2.38. The zero-order valence-corrected chi connectivity index (χ0v) is 13.5. The fraction of sp³-hybridized carbons (Fsp3) is 0.312. The van der Waals surface area contributed by atoms with E-state index in [4.69, 9.17) is 23.2 Å². The molecule has 0 unspecified atom stereocenters. The number of nitrogens with zero attached hydrogens (tertiary/aromatic N) is 2. The van der Waals surface area contributed by atoms with Crippen molar-refractivity contribution in [2.45, 2.75) is 25.8 Å². The molecule has 0 spiro atoms. The zero-order chi connectivity index (χ0) is 15.7. The van der Waals surface area contributed by atoms with Crippen molar-refractivity contribution in [2.24, 2.45) is 5.92 Å². The minimum absolute atomic E-state index is 0.0292. The molecule has 3 rings (SSSR count). The number of aromatic nitrogens is 2. The van der Waals surface area contributed by atoms with Crippen LogP contribution in [0.5, 0.6) is 0 Å². The summed E-state index contributed by atoms with van der Waals surface area (Å²) in [4.78, 5) is 19.6. The molecule has 0 bridgehead atoms. The molecular formula is C16H15Cl2N3O. The largest absolute Gasteiger partial charge is 0.349 e. The average Bonchev–Trinajstić information content (AvgIpc) is 2.80. The van der Waals surface area contributed by atoms with Gasteiger partial charge in [-0.3, -0.25) is 4.79 Å². The Morgan fingerprint density at radius 3 is 2.91 bits per heavy atom. The smallest absolute Gasteiger partial charge is 0.222 e. The molecule has 2 atom stereocenters. The first-order valence-electron chi connectivity index (χ1n) is 7.06. The second-order valence-electron chi connectivity index (χ2n) is 5.48. The minimum atomic E-state index is -0.0430. The Labute approximate surface area is 138 Å². The lowest BCUT2D eigenvalue weighted by Gasteiger charge is -2.21. The lowest BCUT2D eigenvalue weighted by atomic mass is 9.95. The van der Waals surface area contributed by atoms with E-state index in [1.165, 1.54) is 24.2 Å². The number of carbonyl (C=O) groups excluding carboxylic acids is 1. The molecule has 1 aliphatic carbocycles. The Bertz CT molecular complexity index is 720. The highest BCUT2D eigenvalue weighted by molar-refractivity contribution is 6.31. The van der Waals surface area contributed by atoms with Crippen LogP contribution in [0.2, 0.25) is 10.3 Å². The first kappa shape index (κ1) is 15.3. The van der Waals surface area contributed by atoms with Crippen LogP contribution >= 0.6 is 23.2 Å². The highest BCUT2D eigenvalue weighted by atomic mass is 35.5. The van der Waals surface area contributed by atoms with Gasteiger partial charge in [-0.05, 0) is 41.5 Å². The number of hydrogen-bond donors (Lipinski definition) is 1. The molecule has 2 aromatic rings. The van der Waals surface area contributed by atoms with Crippen molar-refractivity contribution in [1.82, 2.24) is 15.3 Å². The number of amides is 1. The first-order chi connectivity index (χ1) is 10.5. The molecule has 22 heavy (non-hydrogen) atoms. The Morgan fingerprint density at radius 2 is 2.14 bits per heavy atom. The normalized spacial score (nSPS) is 19.8. The molecule has 1 aromatic carbocycles. The molecule has 0 aliphatic heterocycles. The maximum Gasteiger partial charge on any atom is 0.222 e. The Kier molecular flexibility index (Phi) is 4.32. The molecule has 1 heterocycles. The molecule has 0 saturated carbocycles. The van der Waals surface area contributed by atoms with Crippen molar-refractivity contribution in [1.29, 1.82) is 0 Å². The van der Waals surface area contributed by atoms with Crippen LogP contribution in [0.3, 0.4) is 0 Å². The predicted octanol–water partition coefficient (Wildman–Crippen LogP) is 3.38. The van der Waals surface area contributed by atoms with Gasteiger partial charge in [0.1, 0.15) is 0 Å². The van der Waals surface area contributed by atoms with Gasteiger partial charge in [-0.25, -0.2) is 9.97 Å². The minimum Gasteiger partial charge on any atom is -0.349 e. The monoisotopic (exact) mass is 335 g/mol. The number of benzene rings is 1. The third kappa shape index (κ3) is 3.08. The van der Waals surface area contributed by atoms with E-state index in [1.807, 2.05) is 12.1 Å². The van der Waals surface area contributed by atoms with Gasteiger partial charge in [0.2, 0.25) is 11.2 Å². The molecule has 0 radical (unpaired) electrons. The summed E-state index contributed by atoms with van der Waals surface area (Å²) in [5.74, 6) is 0.156. The van der Waals surface area contributed by atoms with Crippen molar-refractivity contribution < 1.29 is 4.79 Å². The van der Waals surface area contributed by atoms with E-state index < -0.39 is 0 Å². The molecule has 114 valence electrons. The van der Waals surface area contributed by atoms with E-state index in [9.17, 15) is 4.79 Å². The van der Waals surface area contributed by atoms with Gasteiger partial charge in [0.05, 0.1) is 23.0 Å². The Hall–Kier alpha value is -1.65. The standard InChI is InChI=1S/C16H15Cl2N3O/c1-9(22)20-15-11(6-10-4-2-3-5-12(10)15)7-14-13(17)8-19-16(18)21-14/h2-5,8,11,15H,6-7H2,1H3,(H,20,22)/t11-,15-/m0/s1. The Morgan fingerprint density at radius 1 is 1.36 bits per heavy atom. The molecule has 0 fully saturated rings. The van der Waals surface area contributed by atoms with E-state index in [2.05, 4.69) is 27.4 Å². The fourth-order valence-electron chi connectivity index (χ4n) is 3.05.